The van der Waals surface area contributed by atoms with Crippen molar-refractivity contribution in [3.63, 3.8) is 0 Å². The van der Waals surface area contributed by atoms with Gasteiger partial charge < -0.3 is 15.0 Å². The van der Waals surface area contributed by atoms with Crippen LogP contribution < -0.4 is 10.2 Å². The van der Waals surface area contributed by atoms with Crippen LogP contribution in [0.1, 0.15) is 20.8 Å². The van der Waals surface area contributed by atoms with Gasteiger partial charge in [0.05, 0.1) is 12.7 Å². The Bertz CT molecular complexity index is 490. The van der Waals surface area contributed by atoms with Crippen molar-refractivity contribution in [2.24, 2.45) is 0 Å². The smallest absolute Gasteiger partial charge is 0.248 e. The Morgan fingerprint density at radius 1 is 1.35 bits per heavy atom. The Morgan fingerprint density at radius 3 is 2.65 bits per heavy atom. The molecule has 108 valence electrons. The van der Waals surface area contributed by atoms with E-state index in [9.17, 15) is 4.79 Å². The maximum absolute atomic E-state index is 11.6. The normalized spacial score (nSPS) is 18.6. The Balaban J connectivity index is 1.99. The van der Waals surface area contributed by atoms with Crippen molar-refractivity contribution < 1.29 is 9.53 Å². The van der Waals surface area contributed by atoms with E-state index in [4.69, 9.17) is 4.74 Å². The Morgan fingerprint density at radius 2 is 2.05 bits per heavy atom. The summed E-state index contributed by atoms with van der Waals surface area (Å²) in [6, 6.07) is 7.95. The van der Waals surface area contributed by atoms with Gasteiger partial charge in [-0.2, -0.15) is 0 Å². The van der Waals surface area contributed by atoms with Crippen molar-refractivity contribution in [3.05, 3.63) is 35.9 Å². The number of rotatable bonds is 3. The number of ether oxygens (including phenoxy) is 1. The molecule has 2 rings (SSSR count). The third-order valence-electron chi connectivity index (χ3n) is 3.16. The molecule has 0 bridgehead atoms. The molecule has 1 amide bonds. The van der Waals surface area contributed by atoms with Crippen LogP contribution in [-0.4, -0.2) is 31.7 Å². The van der Waals surface area contributed by atoms with Crippen LogP contribution in [0.4, 0.5) is 11.4 Å². The maximum Gasteiger partial charge on any atom is 0.248 e. The van der Waals surface area contributed by atoms with Crippen molar-refractivity contribution in [3.8, 4) is 0 Å². The predicted molar refractivity (Wildman–Crippen MR) is 82.1 cm³/mol. The molecule has 1 aliphatic heterocycles. The molecule has 1 aliphatic rings. The SMILES string of the molecule is CC(C)=CC(=O)Nc1ccc(N2CCO[C@@H](C)C2)cc1. The minimum Gasteiger partial charge on any atom is -0.375 e. The van der Waals surface area contributed by atoms with Gasteiger partial charge in [0.1, 0.15) is 0 Å². The van der Waals surface area contributed by atoms with Gasteiger partial charge in [0.2, 0.25) is 5.91 Å². The summed E-state index contributed by atoms with van der Waals surface area (Å²) in [6.07, 6.45) is 1.86. The molecule has 4 nitrogen and oxygen atoms in total. The second-order valence-electron chi connectivity index (χ2n) is 5.39. The van der Waals surface area contributed by atoms with Crippen LogP contribution in [0, 0.1) is 0 Å². The first-order valence-electron chi connectivity index (χ1n) is 6.97. The fraction of sp³-hybridized carbons (Fsp3) is 0.438. The van der Waals surface area contributed by atoms with Crippen molar-refractivity contribution in [1.29, 1.82) is 0 Å². The third kappa shape index (κ3) is 4.10. The Hall–Kier alpha value is -1.81. The van der Waals surface area contributed by atoms with Crippen LogP contribution in [0.2, 0.25) is 0 Å². The summed E-state index contributed by atoms with van der Waals surface area (Å²) in [6.45, 7) is 8.47. The van der Waals surface area contributed by atoms with Crippen molar-refractivity contribution in [1.82, 2.24) is 0 Å². The molecule has 1 saturated heterocycles. The number of carbonyl (C=O) groups excluding carboxylic acids is 1. The van der Waals surface area contributed by atoms with E-state index in [1.807, 2.05) is 38.1 Å². The largest absolute Gasteiger partial charge is 0.375 e. The summed E-state index contributed by atoms with van der Waals surface area (Å²) >= 11 is 0. The van der Waals surface area contributed by atoms with Gasteiger partial charge in [0.25, 0.3) is 0 Å². The van der Waals surface area contributed by atoms with Gasteiger partial charge >= 0.3 is 0 Å². The first-order chi connectivity index (χ1) is 9.54. The predicted octanol–water partition coefficient (Wildman–Crippen LogP) is 2.82. The first kappa shape index (κ1) is 14.6. The molecule has 4 heteroatoms. The fourth-order valence-electron chi connectivity index (χ4n) is 2.25. The summed E-state index contributed by atoms with van der Waals surface area (Å²) in [4.78, 5) is 13.9. The molecule has 0 aromatic heterocycles. The third-order valence-corrected chi connectivity index (χ3v) is 3.16. The van der Waals surface area contributed by atoms with E-state index >= 15 is 0 Å². The monoisotopic (exact) mass is 274 g/mol. The Kier molecular flexibility index (Phi) is 4.79. The summed E-state index contributed by atoms with van der Waals surface area (Å²) in [5.41, 5.74) is 2.97. The zero-order valence-corrected chi connectivity index (χ0v) is 12.3. The highest BCUT2D eigenvalue weighted by molar-refractivity contribution is 5.99. The van der Waals surface area contributed by atoms with Crippen molar-refractivity contribution >= 4 is 17.3 Å². The number of carbonyl (C=O) groups is 1. The molecule has 1 N–H and O–H groups in total. The van der Waals surface area contributed by atoms with Gasteiger partial charge in [-0.25, -0.2) is 0 Å². The molecule has 1 aromatic carbocycles. The van der Waals surface area contributed by atoms with Gasteiger partial charge in [-0.05, 0) is 45.0 Å². The van der Waals surface area contributed by atoms with Gasteiger partial charge in [0, 0.05) is 30.5 Å². The molecule has 1 heterocycles. The second-order valence-corrected chi connectivity index (χ2v) is 5.39. The van der Waals surface area contributed by atoms with Crippen LogP contribution in [0.3, 0.4) is 0 Å². The van der Waals surface area contributed by atoms with Gasteiger partial charge in [-0.3, -0.25) is 4.79 Å². The lowest BCUT2D eigenvalue weighted by Gasteiger charge is -2.33. The van der Waals surface area contributed by atoms with Gasteiger partial charge in [-0.1, -0.05) is 5.57 Å². The lowest BCUT2D eigenvalue weighted by molar-refractivity contribution is -0.111. The highest BCUT2D eigenvalue weighted by Gasteiger charge is 2.16. The van der Waals surface area contributed by atoms with Crippen LogP contribution >= 0.6 is 0 Å². The fourth-order valence-corrected chi connectivity index (χ4v) is 2.25. The van der Waals surface area contributed by atoms with Crippen LogP contribution in [0.15, 0.2) is 35.9 Å². The number of nitrogens with one attached hydrogen (secondary N) is 1. The molecular formula is C16H22N2O2. The number of hydrogen-bond donors (Lipinski definition) is 1. The molecular weight excluding hydrogens is 252 g/mol. The zero-order valence-electron chi connectivity index (χ0n) is 12.3. The summed E-state index contributed by atoms with van der Waals surface area (Å²) in [5, 5.41) is 2.85. The second kappa shape index (κ2) is 6.57. The Labute approximate surface area is 120 Å². The van der Waals surface area contributed by atoms with Crippen molar-refractivity contribution in [2.45, 2.75) is 26.9 Å². The number of nitrogens with zero attached hydrogens (tertiary/aromatic N) is 1. The van der Waals surface area contributed by atoms with Gasteiger partial charge in [0.15, 0.2) is 0 Å². The molecule has 1 aromatic rings. The molecule has 0 saturated carbocycles. The van der Waals surface area contributed by atoms with E-state index in [0.717, 1.165) is 31.0 Å². The quantitative estimate of drug-likeness (QED) is 0.862. The summed E-state index contributed by atoms with van der Waals surface area (Å²) in [5.74, 6) is -0.0854. The van der Waals surface area contributed by atoms with E-state index in [1.54, 1.807) is 6.08 Å². The number of amides is 1. The molecule has 0 unspecified atom stereocenters. The molecule has 1 atom stereocenters. The number of morpholine rings is 1. The number of hydrogen-bond acceptors (Lipinski definition) is 3. The van der Waals surface area contributed by atoms with E-state index in [1.165, 1.54) is 5.69 Å². The van der Waals surface area contributed by atoms with Gasteiger partial charge in [-0.15, -0.1) is 0 Å². The van der Waals surface area contributed by atoms with Crippen LogP contribution in [0.25, 0.3) is 0 Å². The highest BCUT2D eigenvalue weighted by Crippen LogP contribution is 2.20. The summed E-state index contributed by atoms with van der Waals surface area (Å²) < 4.78 is 5.54. The standard InChI is InChI=1S/C16H22N2O2/c1-12(2)10-16(19)17-14-4-6-15(7-5-14)18-8-9-20-13(3)11-18/h4-7,10,13H,8-9,11H2,1-3H3,(H,17,19)/t13-/m0/s1. The van der Waals surface area contributed by atoms with E-state index < -0.39 is 0 Å². The zero-order chi connectivity index (χ0) is 14.5. The highest BCUT2D eigenvalue weighted by atomic mass is 16.5. The molecule has 0 spiro atoms. The van der Waals surface area contributed by atoms with E-state index in [2.05, 4.69) is 17.1 Å². The number of benzene rings is 1. The lowest BCUT2D eigenvalue weighted by atomic mass is 10.2. The topological polar surface area (TPSA) is 41.6 Å². The molecule has 1 fully saturated rings. The minimum absolute atomic E-state index is 0.0854. The van der Waals surface area contributed by atoms with E-state index in [-0.39, 0.29) is 12.0 Å². The van der Waals surface area contributed by atoms with Crippen LogP contribution in [-0.2, 0) is 9.53 Å². The lowest BCUT2D eigenvalue weighted by Crippen LogP contribution is -2.41. The van der Waals surface area contributed by atoms with Crippen molar-refractivity contribution in [2.75, 3.05) is 29.9 Å². The van der Waals surface area contributed by atoms with E-state index in [0.29, 0.717) is 0 Å². The molecule has 0 aliphatic carbocycles. The number of allylic oxidation sites excluding steroid dienone is 1. The first-order valence-corrected chi connectivity index (χ1v) is 6.97. The van der Waals surface area contributed by atoms with Crippen LogP contribution in [0.5, 0.6) is 0 Å². The molecule has 0 radical (unpaired) electrons. The minimum atomic E-state index is -0.0854. The maximum atomic E-state index is 11.6. The summed E-state index contributed by atoms with van der Waals surface area (Å²) in [7, 11) is 0. The molecule has 20 heavy (non-hydrogen) atoms. The number of anilines is 2. The average Bonchev–Trinajstić information content (AvgIpc) is 2.38. The average molecular weight is 274 g/mol.